The van der Waals surface area contributed by atoms with E-state index in [9.17, 15) is 0 Å². The Labute approximate surface area is 80.3 Å². The largest absolute Gasteiger partial charge is 0.476 e. The first kappa shape index (κ1) is 9.18. The molecule has 0 heterocycles. The molecule has 0 unspecified atom stereocenters. The summed E-state index contributed by atoms with van der Waals surface area (Å²) in [4.78, 5) is 0. The molecule has 61 valence electrons. The number of nitrogens with zero attached hydrogens (tertiary/aromatic N) is 1. The van der Waals surface area contributed by atoms with E-state index in [4.69, 9.17) is 33.2 Å². The summed E-state index contributed by atoms with van der Waals surface area (Å²) in [5.74, 6) is 0.311. The van der Waals surface area contributed by atoms with Gasteiger partial charge in [0.2, 0.25) is 0 Å². The van der Waals surface area contributed by atoms with Gasteiger partial charge >= 0.3 is 0 Å². The summed E-state index contributed by atoms with van der Waals surface area (Å²) in [7, 11) is 0. The summed E-state index contributed by atoms with van der Waals surface area (Å²) in [5, 5.41) is 8.90. The second kappa shape index (κ2) is 4.20. The Morgan fingerprint density at radius 2 is 2.33 bits per heavy atom. The van der Waals surface area contributed by atoms with Crippen LogP contribution in [0.5, 0.6) is 5.75 Å². The Balaban J connectivity index is 2.86. The van der Waals surface area contributed by atoms with Crippen molar-refractivity contribution in [1.29, 1.82) is 5.26 Å². The lowest BCUT2D eigenvalue weighted by Crippen LogP contribution is -1.94. The highest BCUT2D eigenvalue weighted by Gasteiger charge is 2.04. The van der Waals surface area contributed by atoms with Crippen molar-refractivity contribution in [3.8, 4) is 11.8 Å². The molecule has 0 bridgehead atoms. The van der Waals surface area contributed by atoms with E-state index in [0.29, 0.717) is 10.8 Å². The monoisotopic (exact) mass is 200 g/mol. The van der Waals surface area contributed by atoms with Crippen LogP contribution in [0.3, 0.4) is 0 Å². The molecule has 0 saturated heterocycles. The Bertz CT molecular complexity index is 319. The van der Waals surface area contributed by atoms with Crippen molar-refractivity contribution in [3.05, 3.63) is 28.2 Å². The quantitative estimate of drug-likeness (QED) is 0.736. The van der Waals surface area contributed by atoms with Gasteiger partial charge < -0.3 is 4.74 Å². The van der Waals surface area contributed by atoms with Crippen LogP contribution >= 0.6 is 23.2 Å². The lowest BCUT2D eigenvalue weighted by Gasteiger charge is -2.03. The first-order chi connectivity index (χ1) is 5.75. The highest BCUT2D eigenvalue weighted by atomic mass is 35.5. The summed E-state index contributed by atoms with van der Waals surface area (Å²) in [6, 6.07) is 7.73. The van der Waals surface area contributed by atoms with Gasteiger partial charge in [-0.1, -0.05) is 23.2 Å². The van der Waals surface area contributed by atoms with Gasteiger partial charge in [-0.2, -0.15) is 5.26 Å². The number of halogens is 2. The molecule has 1 rings (SSSR count). The first-order valence-corrected chi connectivity index (χ1v) is 3.86. The zero-order valence-corrected chi connectivity index (χ0v) is 7.49. The molecule has 1 aromatic rings. The summed E-state index contributed by atoms with van der Waals surface area (Å²) in [6.07, 6.45) is 0. The van der Waals surface area contributed by atoms with Crippen molar-refractivity contribution in [1.82, 2.24) is 0 Å². The Morgan fingerprint density at radius 3 is 3.00 bits per heavy atom. The van der Waals surface area contributed by atoms with E-state index in [2.05, 4.69) is 6.07 Å². The maximum Gasteiger partial charge on any atom is 0.174 e. The van der Waals surface area contributed by atoms with Crippen LogP contribution in [0.2, 0.25) is 10.0 Å². The van der Waals surface area contributed by atoms with Gasteiger partial charge in [0, 0.05) is 6.07 Å². The summed E-state index contributed by atoms with van der Waals surface area (Å²) in [6.45, 7) is -0.0590. The molecule has 12 heavy (non-hydrogen) atoms. The zero-order chi connectivity index (χ0) is 8.97. The fourth-order valence-corrected chi connectivity index (χ4v) is 0.966. The van der Waals surface area contributed by atoms with Crippen molar-refractivity contribution in [3.63, 3.8) is 0 Å². The molecule has 0 N–H and O–H groups in total. The average Bonchev–Trinajstić information content (AvgIpc) is 2.08. The minimum Gasteiger partial charge on any atom is -0.476 e. The van der Waals surface area contributed by atoms with E-state index < -0.39 is 0 Å². The SMILES string of the molecule is N#CCOc1[c]ccc(Cl)c1Cl. The fourth-order valence-electron chi connectivity index (χ4n) is 0.645. The molecule has 0 saturated carbocycles. The topological polar surface area (TPSA) is 33.0 Å². The molecule has 0 aliphatic heterocycles. The molecule has 0 fully saturated rings. The lowest BCUT2D eigenvalue weighted by atomic mass is 10.3. The summed E-state index contributed by atoms with van der Waals surface area (Å²) >= 11 is 11.4. The summed E-state index contributed by atoms with van der Waals surface area (Å²) in [5.41, 5.74) is 0. The number of hydrogen-bond acceptors (Lipinski definition) is 2. The van der Waals surface area contributed by atoms with E-state index in [-0.39, 0.29) is 11.6 Å². The van der Waals surface area contributed by atoms with E-state index in [0.717, 1.165) is 0 Å². The van der Waals surface area contributed by atoms with E-state index in [1.165, 1.54) is 0 Å². The maximum absolute atomic E-state index is 8.22. The third-order valence-corrected chi connectivity index (χ3v) is 1.92. The van der Waals surface area contributed by atoms with Gasteiger partial charge in [-0.25, -0.2) is 0 Å². The van der Waals surface area contributed by atoms with Gasteiger partial charge in [-0.15, -0.1) is 0 Å². The average molecular weight is 201 g/mol. The van der Waals surface area contributed by atoms with Crippen LogP contribution in [0, 0.1) is 17.4 Å². The van der Waals surface area contributed by atoms with Crippen LogP contribution < -0.4 is 4.74 Å². The molecule has 1 aromatic carbocycles. The molecule has 0 aliphatic carbocycles. The number of rotatable bonds is 2. The van der Waals surface area contributed by atoms with Crippen LogP contribution in [-0.4, -0.2) is 6.61 Å². The van der Waals surface area contributed by atoms with Gasteiger partial charge in [0.25, 0.3) is 0 Å². The number of ether oxygens (including phenoxy) is 1. The third-order valence-electron chi connectivity index (χ3n) is 1.13. The molecule has 0 amide bonds. The van der Waals surface area contributed by atoms with E-state index >= 15 is 0 Å². The molecule has 1 radical (unpaired) electrons. The van der Waals surface area contributed by atoms with Crippen molar-refractivity contribution >= 4 is 23.2 Å². The fraction of sp³-hybridized carbons (Fsp3) is 0.125. The smallest absolute Gasteiger partial charge is 0.174 e. The molecule has 4 heteroatoms. The zero-order valence-electron chi connectivity index (χ0n) is 5.97. The molecular formula is C8H4Cl2NO. The molecule has 0 spiro atoms. The van der Waals surface area contributed by atoms with Crippen LogP contribution in [0.4, 0.5) is 0 Å². The number of benzene rings is 1. The standard InChI is InChI=1S/C8H4Cl2NO/c9-6-2-1-3-7(8(6)10)12-5-4-11/h1-2H,5H2. The van der Waals surface area contributed by atoms with Crippen molar-refractivity contribution < 1.29 is 4.74 Å². The second-order valence-corrected chi connectivity index (χ2v) is 2.70. The van der Waals surface area contributed by atoms with Crippen molar-refractivity contribution in [2.45, 2.75) is 0 Å². The van der Waals surface area contributed by atoms with Gasteiger partial charge in [0.1, 0.15) is 16.8 Å². The highest BCUT2D eigenvalue weighted by Crippen LogP contribution is 2.30. The van der Waals surface area contributed by atoms with Gasteiger partial charge in [0.15, 0.2) is 6.61 Å². The Morgan fingerprint density at radius 1 is 1.58 bits per heavy atom. The maximum atomic E-state index is 8.22. The molecule has 2 nitrogen and oxygen atoms in total. The first-order valence-electron chi connectivity index (χ1n) is 3.11. The van der Waals surface area contributed by atoms with E-state index in [1.54, 1.807) is 12.1 Å². The third kappa shape index (κ3) is 2.04. The van der Waals surface area contributed by atoms with Gasteiger partial charge in [-0.3, -0.25) is 0 Å². The molecule has 0 aliphatic rings. The van der Waals surface area contributed by atoms with Crippen LogP contribution in [-0.2, 0) is 0 Å². The van der Waals surface area contributed by atoms with Crippen molar-refractivity contribution in [2.75, 3.05) is 6.61 Å². The lowest BCUT2D eigenvalue weighted by molar-refractivity contribution is 0.367. The molecule has 0 atom stereocenters. The van der Waals surface area contributed by atoms with Crippen LogP contribution in [0.1, 0.15) is 0 Å². The molecule has 0 aromatic heterocycles. The minimum absolute atomic E-state index is 0.0590. The number of hydrogen-bond donors (Lipinski definition) is 0. The van der Waals surface area contributed by atoms with Crippen LogP contribution in [0.25, 0.3) is 0 Å². The normalized spacial score (nSPS) is 9.08. The van der Waals surface area contributed by atoms with Crippen molar-refractivity contribution in [2.24, 2.45) is 0 Å². The second-order valence-electron chi connectivity index (χ2n) is 1.92. The minimum atomic E-state index is -0.0590. The van der Waals surface area contributed by atoms with E-state index in [1.807, 2.05) is 6.07 Å². The van der Waals surface area contributed by atoms with Gasteiger partial charge in [0.05, 0.1) is 5.02 Å². The Kier molecular flexibility index (Phi) is 3.21. The summed E-state index contributed by atoms with van der Waals surface area (Å²) < 4.78 is 4.93. The molecular weight excluding hydrogens is 197 g/mol. The van der Waals surface area contributed by atoms with Gasteiger partial charge in [-0.05, 0) is 12.1 Å². The highest BCUT2D eigenvalue weighted by molar-refractivity contribution is 6.42. The predicted octanol–water partition coefficient (Wildman–Crippen LogP) is 2.70. The predicted molar refractivity (Wildman–Crippen MR) is 46.4 cm³/mol. The number of nitriles is 1. The Hall–Kier alpha value is -0.910. The van der Waals surface area contributed by atoms with Crippen LogP contribution in [0.15, 0.2) is 12.1 Å².